The normalized spacial score (nSPS) is 15.7. The van der Waals surface area contributed by atoms with Crippen molar-refractivity contribution in [3.8, 4) is 0 Å². The number of amides is 2. The number of rotatable bonds is 6. The summed E-state index contributed by atoms with van der Waals surface area (Å²) in [6, 6.07) is 9.11. The van der Waals surface area contributed by atoms with Gasteiger partial charge in [-0.1, -0.05) is 6.07 Å². The van der Waals surface area contributed by atoms with Crippen molar-refractivity contribution < 1.29 is 22.4 Å². The zero-order valence-corrected chi connectivity index (χ0v) is 17.5. The second-order valence-electron chi connectivity index (χ2n) is 7.89. The average Bonchev–Trinajstić information content (AvgIpc) is 3.48. The van der Waals surface area contributed by atoms with E-state index in [0.717, 1.165) is 24.1 Å². The molecule has 0 unspecified atom stereocenters. The standard InChI is InChI=1S/C22H23FN2O4S/c1-14-2-5-17(13-19(14)23)24-21(26)9-11-30(28,29)18-6-7-20-16(12-18)8-10-25(20)22(27)15-3-4-15/h2,5-7,12-13,15H,3-4,8-11H2,1H3,(H,24,26). The van der Waals surface area contributed by atoms with Gasteiger partial charge in [0.25, 0.3) is 0 Å². The van der Waals surface area contributed by atoms with E-state index in [9.17, 15) is 22.4 Å². The first-order valence-electron chi connectivity index (χ1n) is 9.98. The molecule has 0 saturated heterocycles. The van der Waals surface area contributed by atoms with Crippen molar-refractivity contribution in [3.63, 3.8) is 0 Å². The molecule has 6 nitrogen and oxygen atoms in total. The minimum atomic E-state index is -3.66. The third-order valence-corrected chi connectivity index (χ3v) is 7.27. The summed E-state index contributed by atoms with van der Waals surface area (Å²) in [4.78, 5) is 26.4. The van der Waals surface area contributed by atoms with Crippen LogP contribution in [-0.4, -0.2) is 32.5 Å². The van der Waals surface area contributed by atoms with Crippen LogP contribution in [0.15, 0.2) is 41.3 Å². The molecule has 0 radical (unpaired) electrons. The lowest BCUT2D eigenvalue weighted by Crippen LogP contribution is -2.30. The second-order valence-corrected chi connectivity index (χ2v) is 9.99. The van der Waals surface area contributed by atoms with Gasteiger partial charge >= 0.3 is 0 Å². The molecule has 2 amide bonds. The van der Waals surface area contributed by atoms with Crippen LogP contribution in [0.3, 0.4) is 0 Å². The molecule has 8 heteroatoms. The van der Waals surface area contributed by atoms with E-state index in [1.165, 1.54) is 12.1 Å². The molecule has 1 heterocycles. The molecule has 0 spiro atoms. The highest BCUT2D eigenvalue weighted by Crippen LogP contribution is 2.37. The van der Waals surface area contributed by atoms with Crippen LogP contribution in [0.5, 0.6) is 0 Å². The molecular weight excluding hydrogens is 407 g/mol. The number of carbonyl (C=O) groups excluding carboxylic acids is 2. The zero-order chi connectivity index (χ0) is 21.5. The van der Waals surface area contributed by atoms with Crippen LogP contribution in [0.2, 0.25) is 0 Å². The van der Waals surface area contributed by atoms with Gasteiger partial charge in [0.05, 0.1) is 10.6 Å². The van der Waals surface area contributed by atoms with Crippen LogP contribution in [0.25, 0.3) is 0 Å². The van der Waals surface area contributed by atoms with Gasteiger partial charge in [-0.05, 0) is 67.6 Å². The predicted molar refractivity (Wildman–Crippen MR) is 112 cm³/mol. The third kappa shape index (κ3) is 4.23. The molecular formula is C22H23FN2O4S. The first-order chi connectivity index (χ1) is 14.2. The second kappa shape index (κ2) is 7.83. The van der Waals surface area contributed by atoms with E-state index in [2.05, 4.69) is 5.32 Å². The Morgan fingerprint density at radius 1 is 1.17 bits per heavy atom. The van der Waals surface area contributed by atoms with Gasteiger partial charge in [-0.2, -0.15) is 0 Å². The smallest absolute Gasteiger partial charge is 0.230 e. The van der Waals surface area contributed by atoms with Crippen molar-refractivity contribution >= 4 is 33.0 Å². The third-order valence-electron chi connectivity index (χ3n) is 5.55. The van der Waals surface area contributed by atoms with Crippen LogP contribution in [-0.2, 0) is 25.8 Å². The Hall–Kier alpha value is -2.74. The Balaban J connectivity index is 1.40. The Kier molecular flexibility index (Phi) is 5.36. The first kappa shape index (κ1) is 20.5. The maximum Gasteiger partial charge on any atom is 0.230 e. The van der Waals surface area contributed by atoms with Crippen LogP contribution in [0, 0.1) is 18.7 Å². The summed E-state index contributed by atoms with van der Waals surface area (Å²) in [6.45, 7) is 2.19. The molecule has 4 rings (SSSR count). The molecule has 1 fully saturated rings. The maximum absolute atomic E-state index is 13.6. The molecule has 2 aromatic carbocycles. The lowest BCUT2D eigenvalue weighted by atomic mass is 10.2. The Labute approximate surface area is 175 Å². The topological polar surface area (TPSA) is 83.6 Å². The van der Waals surface area contributed by atoms with Crippen molar-refractivity contribution in [3.05, 3.63) is 53.3 Å². The van der Waals surface area contributed by atoms with Gasteiger partial charge in [0, 0.05) is 30.3 Å². The van der Waals surface area contributed by atoms with E-state index >= 15 is 0 Å². The van der Waals surface area contributed by atoms with Crippen LogP contribution in [0.4, 0.5) is 15.8 Å². The fourth-order valence-corrected chi connectivity index (χ4v) is 4.88. The van der Waals surface area contributed by atoms with E-state index in [4.69, 9.17) is 0 Å². The lowest BCUT2D eigenvalue weighted by molar-refractivity contribution is -0.119. The number of halogens is 1. The van der Waals surface area contributed by atoms with Crippen molar-refractivity contribution in [2.24, 2.45) is 5.92 Å². The van der Waals surface area contributed by atoms with Crippen LogP contribution >= 0.6 is 0 Å². The summed E-state index contributed by atoms with van der Waals surface area (Å²) in [5.41, 5.74) is 2.37. The van der Waals surface area contributed by atoms with E-state index in [1.807, 2.05) is 0 Å². The van der Waals surface area contributed by atoms with Crippen molar-refractivity contribution in [1.29, 1.82) is 0 Å². The molecule has 1 aliphatic carbocycles. The molecule has 1 saturated carbocycles. The minimum absolute atomic E-state index is 0.111. The first-order valence-corrected chi connectivity index (χ1v) is 11.6. The SMILES string of the molecule is Cc1ccc(NC(=O)CCS(=O)(=O)c2ccc3c(c2)CCN3C(=O)C2CC2)cc1F. The fourth-order valence-electron chi connectivity index (χ4n) is 3.59. The number of aryl methyl sites for hydroxylation is 1. The highest BCUT2D eigenvalue weighted by atomic mass is 32.2. The summed E-state index contributed by atoms with van der Waals surface area (Å²) in [5, 5.41) is 2.52. The average molecular weight is 431 g/mol. The maximum atomic E-state index is 13.6. The number of sulfone groups is 1. The number of nitrogens with zero attached hydrogens (tertiary/aromatic N) is 1. The van der Waals surface area contributed by atoms with Crippen molar-refractivity contribution in [2.75, 3.05) is 22.5 Å². The molecule has 1 N–H and O–H groups in total. The number of hydrogen-bond acceptors (Lipinski definition) is 4. The van der Waals surface area contributed by atoms with Gasteiger partial charge in [0.15, 0.2) is 9.84 Å². The van der Waals surface area contributed by atoms with Crippen LogP contribution < -0.4 is 10.2 Å². The lowest BCUT2D eigenvalue weighted by Gasteiger charge is -2.17. The quantitative estimate of drug-likeness (QED) is 0.763. The summed E-state index contributed by atoms with van der Waals surface area (Å²) >= 11 is 0. The monoisotopic (exact) mass is 430 g/mol. The number of benzene rings is 2. The largest absolute Gasteiger partial charge is 0.326 e. The van der Waals surface area contributed by atoms with Gasteiger partial charge in [0.2, 0.25) is 11.8 Å². The Bertz CT molecular complexity index is 1130. The number of hydrogen-bond donors (Lipinski definition) is 1. The van der Waals surface area contributed by atoms with Crippen molar-refractivity contribution in [2.45, 2.75) is 37.5 Å². The summed E-state index contributed by atoms with van der Waals surface area (Å²) in [5.74, 6) is -1.05. The van der Waals surface area contributed by atoms with Gasteiger partial charge in [0.1, 0.15) is 5.82 Å². The molecule has 2 aromatic rings. The zero-order valence-electron chi connectivity index (χ0n) is 16.7. The van der Waals surface area contributed by atoms with Gasteiger partial charge in [-0.15, -0.1) is 0 Å². The van der Waals surface area contributed by atoms with E-state index in [-0.39, 0.29) is 28.9 Å². The fraction of sp³-hybridized carbons (Fsp3) is 0.364. The number of carbonyl (C=O) groups is 2. The van der Waals surface area contributed by atoms with E-state index < -0.39 is 21.6 Å². The predicted octanol–water partition coefficient (Wildman–Crippen LogP) is 3.24. The highest BCUT2D eigenvalue weighted by Gasteiger charge is 2.36. The Morgan fingerprint density at radius 3 is 2.63 bits per heavy atom. The summed E-state index contributed by atoms with van der Waals surface area (Å²) in [7, 11) is -3.66. The minimum Gasteiger partial charge on any atom is -0.326 e. The molecule has 30 heavy (non-hydrogen) atoms. The van der Waals surface area contributed by atoms with Crippen LogP contribution in [0.1, 0.15) is 30.4 Å². The van der Waals surface area contributed by atoms with Crippen molar-refractivity contribution in [1.82, 2.24) is 0 Å². The molecule has 2 aliphatic rings. The number of fused-ring (bicyclic) bond motifs is 1. The summed E-state index contributed by atoms with van der Waals surface area (Å²) in [6.07, 6.45) is 2.24. The van der Waals surface area contributed by atoms with Gasteiger partial charge in [-0.3, -0.25) is 9.59 Å². The molecule has 0 atom stereocenters. The molecule has 158 valence electrons. The molecule has 0 aromatic heterocycles. The Morgan fingerprint density at radius 2 is 1.93 bits per heavy atom. The number of nitrogens with one attached hydrogen (secondary N) is 1. The molecule has 1 aliphatic heterocycles. The summed E-state index contributed by atoms with van der Waals surface area (Å²) < 4.78 is 39.0. The molecule has 0 bridgehead atoms. The van der Waals surface area contributed by atoms with Gasteiger partial charge in [-0.25, -0.2) is 12.8 Å². The van der Waals surface area contributed by atoms with E-state index in [1.54, 1.807) is 36.1 Å². The van der Waals surface area contributed by atoms with Gasteiger partial charge < -0.3 is 10.2 Å². The van der Waals surface area contributed by atoms with E-state index in [0.29, 0.717) is 24.2 Å². The number of anilines is 2. The highest BCUT2D eigenvalue weighted by molar-refractivity contribution is 7.91.